The van der Waals surface area contributed by atoms with Gasteiger partial charge in [-0.25, -0.2) is 9.79 Å². The third kappa shape index (κ3) is 1.61. The largest absolute Gasteiger partial charge is 0.477 e. The maximum atomic E-state index is 11.4. The molecular formula is C11H9NO4. The highest BCUT2D eigenvalue weighted by Crippen LogP contribution is 2.21. The molecular weight excluding hydrogens is 210 g/mol. The molecule has 0 radical (unpaired) electrons. The molecule has 0 aromatic carbocycles. The molecule has 0 spiro atoms. The molecule has 1 heterocycles. The van der Waals surface area contributed by atoms with Gasteiger partial charge in [0.05, 0.1) is 5.71 Å². The number of nitrogens with zero attached hydrogens (tertiary/aromatic N) is 1. The van der Waals surface area contributed by atoms with Crippen LogP contribution in [-0.4, -0.2) is 35.9 Å². The number of hydrogen-bond donors (Lipinski definition) is 1. The zero-order valence-corrected chi connectivity index (χ0v) is 8.51. The number of carbonyl (C=O) groups excluding carboxylic acids is 1. The summed E-state index contributed by atoms with van der Waals surface area (Å²) in [6, 6.07) is 0. The van der Waals surface area contributed by atoms with Crippen molar-refractivity contribution in [1.82, 2.24) is 0 Å². The third-order valence-corrected chi connectivity index (χ3v) is 2.36. The SMILES string of the molecule is COC1C=CC=C2C=C(C(=O)O)C(=O)N=C21. The number of allylic oxidation sites excluding steroid dienone is 3. The van der Waals surface area contributed by atoms with E-state index in [0.717, 1.165) is 0 Å². The molecule has 0 saturated carbocycles. The first kappa shape index (κ1) is 10.5. The van der Waals surface area contributed by atoms with Crippen molar-refractivity contribution in [1.29, 1.82) is 0 Å². The number of hydrogen-bond acceptors (Lipinski definition) is 3. The number of methoxy groups -OCH3 is 1. The standard InChI is InChI=1S/C11H9NO4/c1-16-8-4-2-3-6-5-7(11(14)15)10(13)12-9(6)8/h2-5,8H,1H3,(H,14,15). The first-order chi connectivity index (χ1) is 7.63. The first-order valence-corrected chi connectivity index (χ1v) is 4.63. The van der Waals surface area contributed by atoms with Gasteiger partial charge >= 0.3 is 5.97 Å². The lowest BCUT2D eigenvalue weighted by Crippen LogP contribution is -2.29. The molecule has 16 heavy (non-hydrogen) atoms. The number of carboxylic acid groups (broad SMARTS) is 1. The monoisotopic (exact) mass is 219 g/mol. The first-order valence-electron chi connectivity index (χ1n) is 4.63. The van der Waals surface area contributed by atoms with E-state index in [1.54, 1.807) is 18.2 Å². The Morgan fingerprint density at radius 3 is 2.94 bits per heavy atom. The summed E-state index contributed by atoms with van der Waals surface area (Å²) in [6.07, 6.45) is 6.12. The summed E-state index contributed by atoms with van der Waals surface area (Å²) in [5.74, 6) is -2.01. The van der Waals surface area contributed by atoms with Crippen LogP contribution < -0.4 is 0 Å². The van der Waals surface area contributed by atoms with Crippen LogP contribution in [0.4, 0.5) is 0 Å². The minimum absolute atomic E-state index is 0.319. The summed E-state index contributed by atoms with van der Waals surface area (Å²) in [5, 5.41) is 8.79. The normalized spacial score (nSPS) is 23.2. The molecule has 1 aliphatic carbocycles. The van der Waals surface area contributed by atoms with Gasteiger partial charge in [0.15, 0.2) is 0 Å². The molecule has 1 atom stereocenters. The molecule has 5 nitrogen and oxygen atoms in total. The Hall–Kier alpha value is -2.01. The molecule has 1 aliphatic heterocycles. The van der Waals surface area contributed by atoms with Crippen molar-refractivity contribution >= 4 is 17.6 Å². The van der Waals surface area contributed by atoms with Crippen molar-refractivity contribution < 1.29 is 19.4 Å². The van der Waals surface area contributed by atoms with Gasteiger partial charge in [0.2, 0.25) is 0 Å². The Bertz CT molecular complexity index is 482. The molecule has 5 heteroatoms. The molecule has 82 valence electrons. The van der Waals surface area contributed by atoms with Crippen molar-refractivity contribution in [2.24, 2.45) is 4.99 Å². The van der Waals surface area contributed by atoms with Gasteiger partial charge in [-0.15, -0.1) is 0 Å². The lowest BCUT2D eigenvalue weighted by molar-refractivity contribution is -0.134. The number of aliphatic carboxylic acids is 1. The van der Waals surface area contributed by atoms with Crippen LogP contribution >= 0.6 is 0 Å². The van der Waals surface area contributed by atoms with Gasteiger partial charge < -0.3 is 9.84 Å². The van der Waals surface area contributed by atoms with Crippen molar-refractivity contribution in [3.63, 3.8) is 0 Å². The highest BCUT2D eigenvalue weighted by molar-refractivity contribution is 6.26. The van der Waals surface area contributed by atoms with E-state index in [1.165, 1.54) is 13.2 Å². The van der Waals surface area contributed by atoms with Crippen molar-refractivity contribution in [3.05, 3.63) is 35.5 Å². The van der Waals surface area contributed by atoms with Gasteiger partial charge in [0.25, 0.3) is 5.91 Å². The Morgan fingerprint density at radius 2 is 2.31 bits per heavy atom. The second-order valence-electron chi connectivity index (χ2n) is 3.33. The van der Waals surface area contributed by atoms with Crippen LogP contribution in [0.15, 0.2) is 40.4 Å². The molecule has 2 rings (SSSR count). The van der Waals surface area contributed by atoms with E-state index in [4.69, 9.17) is 9.84 Å². The molecule has 0 aromatic heterocycles. The number of carboxylic acids is 1. The van der Waals surface area contributed by atoms with Gasteiger partial charge in [0.1, 0.15) is 11.7 Å². The number of amides is 1. The molecule has 0 bridgehead atoms. The number of ether oxygens (including phenoxy) is 1. The van der Waals surface area contributed by atoms with Gasteiger partial charge in [0, 0.05) is 12.7 Å². The molecule has 1 amide bonds. The summed E-state index contributed by atoms with van der Waals surface area (Å²) in [5.41, 5.74) is 0.742. The molecule has 0 saturated heterocycles. The van der Waals surface area contributed by atoms with E-state index in [0.29, 0.717) is 11.3 Å². The van der Waals surface area contributed by atoms with E-state index in [2.05, 4.69) is 4.99 Å². The predicted molar refractivity (Wildman–Crippen MR) is 56.2 cm³/mol. The van der Waals surface area contributed by atoms with Crippen molar-refractivity contribution in [3.8, 4) is 0 Å². The van der Waals surface area contributed by atoms with Crippen LogP contribution in [-0.2, 0) is 14.3 Å². The second-order valence-corrected chi connectivity index (χ2v) is 3.33. The van der Waals surface area contributed by atoms with Crippen LogP contribution in [0.25, 0.3) is 0 Å². The molecule has 1 unspecified atom stereocenters. The summed E-state index contributed by atoms with van der Waals surface area (Å²) in [7, 11) is 1.50. The number of dihydropyridines is 1. The predicted octanol–water partition coefficient (Wildman–Crippen LogP) is 0.490. The summed E-state index contributed by atoms with van der Waals surface area (Å²) in [6.45, 7) is 0. The third-order valence-electron chi connectivity index (χ3n) is 2.36. The molecule has 2 aliphatic rings. The van der Waals surface area contributed by atoms with Gasteiger partial charge in [-0.05, 0) is 12.2 Å². The maximum absolute atomic E-state index is 11.4. The molecule has 1 N–H and O–H groups in total. The van der Waals surface area contributed by atoms with E-state index in [9.17, 15) is 9.59 Å². The van der Waals surface area contributed by atoms with Crippen molar-refractivity contribution in [2.45, 2.75) is 6.10 Å². The van der Waals surface area contributed by atoms with Crippen LogP contribution in [0.5, 0.6) is 0 Å². The number of rotatable bonds is 2. The van der Waals surface area contributed by atoms with Crippen LogP contribution in [0.2, 0.25) is 0 Å². The van der Waals surface area contributed by atoms with Crippen molar-refractivity contribution in [2.75, 3.05) is 7.11 Å². The summed E-state index contributed by atoms with van der Waals surface area (Å²) in [4.78, 5) is 25.9. The Labute approximate surface area is 91.4 Å². The lowest BCUT2D eigenvalue weighted by Gasteiger charge is -2.20. The number of carbonyl (C=O) groups is 2. The Balaban J connectivity index is 2.44. The maximum Gasteiger partial charge on any atom is 0.341 e. The highest BCUT2D eigenvalue weighted by atomic mass is 16.5. The number of aliphatic imine (C=N–C) groups is 1. The summed E-state index contributed by atoms with van der Waals surface area (Å²) >= 11 is 0. The summed E-state index contributed by atoms with van der Waals surface area (Å²) < 4.78 is 5.12. The van der Waals surface area contributed by atoms with E-state index < -0.39 is 18.0 Å². The fourth-order valence-corrected chi connectivity index (χ4v) is 1.58. The minimum Gasteiger partial charge on any atom is -0.477 e. The van der Waals surface area contributed by atoms with Crippen LogP contribution in [0.3, 0.4) is 0 Å². The Morgan fingerprint density at radius 1 is 1.56 bits per heavy atom. The van der Waals surface area contributed by atoms with E-state index in [1.807, 2.05) is 0 Å². The van der Waals surface area contributed by atoms with E-state index >= 15 is 0 Å². The molecule has 0 aromatic rings. The van der Waals surface area contributed by atoms with Gasteiger partial charge in [-0.1, -0.05) is 12.2 Å². The zero-order valence-electron chi connectivity index (χ0n) is 8.51. The fourth-order valence-electron chi connectivity index (χ4n) is 1.58. The van der Waals surface area contributed by atoms with Crippen LogP contribution in [0.1, 0.15) is 0 Å². The Kier molecular flexibility index (Phi) is 2.54. The second kappa shape index (κ2) is 3.86. The van der Waals surface area contributed by atoms with Gasteiger partial charge in [-0.3, -0.25) is 4.79 Å². The van der Waals surface area contributed by atoms with Crippen LogP contribution in [0, 0.1) is 0 Å². The van der Waals surface area contributed by atoms with E-state index in [-0.39, 0.29) is 5.57 Å². The average Bonchev–Trinajstić information content (AvgIpc) is 2.27. The minimum atomic E-state index is -1.27. The smallest absolute Gasteiger partial charge is 0.341 e. The number of fused-ring (bicyclic) bond motifs is 1. The highest BCUT2D eigenvalue weighted by Gasteiger charge is 2.28. The lowest BCUT2D eigenvalue weighted by atomic mass is 9.95. The fraction of sp³-hybridized carbons (Fsp3) is 0.182. The molecule has 0 fully saturated rings. The van der Waals surface area contributed by atoms with Gasteiger partial charge in [-0.2, -0.15) is 0 Å². The average molecular weight is 219 g/mol. The topological polar surface area (TPSA) is 76.0 Å². The zero-order chi connectivity index (χ0) is 11.7. The quantitative estimate of drug-likeness (QED) is 0.686.